The molecule has 2 nitrogen and oxygen atoms in total. The van der Waals surface area contributed by atoms with Gasteiger partial charge < -0.3 is 5.32 Å². The van der Waals surface area contributed by atoms with Crippen LogP contribution in [0.15, 0.2) is 18.2 Å². The van der Waals surface area contributed by atoms with Crippen LogP contribution in [0.2, 0.25) is 0 Å². The van der Waals surface area contributed by atoms with Crippen molar-refractivity contribution in [3.05, 3.63) is 29.3 Å². The summed E-state index contributed by atoms with van der Waals surface area (Å²) in [5.74, 6) is -0.0294. The molecule has 0 aromatic heterocycles. The summed E-state index contributed by atoms with van der Waals surface area (Å²) in [6, 6.07) is 5.88. The standard InChI is InChI=1S/C10H13NO.C2H6/c1-7-4-5-10(6-8(7)2)11-9(3)12;1-2/h4-6H,1-3H3,(H,11,12);1-2H3. The van der Waals surface area contributed by atoms with Crippen molar-refractivity contribution in [3.63, 3.8) is 0 Å². The van der Waals surface area contributed by atoms with Gasteiger partial charge in [0.05, 0.1) is 0 Å². The summed E-state index contributed by atoms with van der Waals surface area (Å²) in [5.41, 5.74) is 3.30. The number of hydrogen-bond acceptors (Lipinski definition) is 1. The van der Waals surface area contributed by atoms with Gasteiger partial charge in [0.1, 0.15) is 0 Å². The number of hydrogen-bond donors (Lipinski definition) is 1. The van der Waals surface area contributed by atoms with Gasteiger partial charge >= 0.3 is 0 Å². The van der Waals surface area contributed by atoms with E-state index in [-0.39, 0.29) is 5.91 Å². The Bertz CT molecular complexity index is 305. The Morgan fingerprint density at radius 2 is 1.71 bits per heavy atom. The zero-order valence-corrected chi connectivity index (χ0v) is 9.64. The van der Waals surface area contributed by atoms with Gasteiger partial charge in [-0.2, -0.15) is 0 Å². The smallest absolute Gasteiger partial charge is 0.221 e. The molecule has 0 saturated heterocycles. The maximum Gasteiger partial charge on any atom is 0.221 e. The first kappa shape index (κ1) is 12.7. The molecule has 0 unspecified atom stereocenters. The Balaban J connectivity index is 0.000000791. The van der Waals surface area contributed by atoms with Crippen molar-refractivity contribution in [3.8, 4) is 0 Å². The highest BCUT2D eigenvalue weighted by Gasteiger charge is 1.96. The van der Waals surface area contributed by atoms with Crippen LogP contribution in [0.5, 0.6) is 0 Å². The summed E-state index contributed by atoms with van der Waals surface area (Å²) in [6.45, 7) is 9.59. The van der Waals surface area contributed by atoms with E-state index < -0.39 is 0 Å². The molecule has 0 heterocycles. The minimum absolute atomic E-state index is 0.0294. The minimum atomic E-state index is -0.0294. The summed E-state index contributed by atoms with van der Waals surface area (Å²) < 4.78 is 0. The highest BCUT2D eigenvalue weighted by atomic mass is 16.1. The molecule has 0 saturated carbocycles. The Kier molecular flexibility index (Phi) is 5.61. The topological polar surface area (TPSA) is 29.1 Å². The molecule has 0 aliphatic carbocycles. The van der Waals surface area contributed by atoms with Crippen molar-refractivity contribution in [2.45, 2.75) is 34.6 Å². The van der Waals surface area contributed by atoms with Crippen molar-refractivity contribution in [2.24, 2.45) is 0 Å². The first-order valence-electron chi connectivity index (χ1n) is 4.94. The molecule has 0 spiro atoms. The second-order valence-corrected chi connectivity index (χ2v) is 2.98. The first-order valence-corrected chi connectivity index (χ1v) is 4.94. The van der Waals surface area contributed by atoms with E-state index in [1.54, 1.807) is 0 Å². The third-order valence-electron chi connectivity index (χ3n) is 1.83. The molecule has 0 aliphatic heterocycles. The summed E-state index contributed by atoms with van der Waals surface area (Å²) in [5, 5.41) is 2.73. The first-order chi connectivity index (χ1) is 6.59. The number of carbonyl (C=O) groups is 1. The van der Waals surface area contributed by atoms with E-state index in [0.717, 1.165) is 5.69 Å². The van der Waals surface area contributed by atoms with Crippen LogP contribution in [0.25, 0.3) is 0 Å². The molecule has 1 aromatic rings. The normalized spacial score (nSPS) is 8.64. The lowest BCUT2D eigenvalue weighted by Crippen LogP contribution is -2.05. The van der Waals surface area contributed by atoms with Gasteiger partial charge in [-0.05, 0) is 37.1 Å². The van der Waals surface area contributed by atoms with Crippen LogP contribution in [0.3, 0.4) is 0 Å². The quantitative estimate of drug-likeness (QED) is 0.728. The predicted octanol–water partition coefficient (Wildman–Crippen LogP) is 3.29. The fourth-order valence-corrected chi connectivity index (χ4v) is 1.02. The summed E-state index contributed by atoms with van der Waals surface area (Å²) >= 11 is 0. The Labute approximate surface area is 86.3 Å². The molecule has 78 valence electrons. The number of rotatable bonds is 1. The second-order valence-electron chi connectivity index (χ2n) is 2.98. The summed E-state index contributed by atoms with van der Waals surface area (Å²) in [7, 11) is 0. The average Bonchev–Trinajstić information content (AvgIpc) is 2.14. The van der Waals surface area contributed by atoms with Crippen LogP contribution in [0, 0.1) is 13.8 Å². The number of benzene rings is 1. The van der Waals surface area contributed by atoms with E-state index >= 15 is 0 Å². The summed E-state index contributed by atoms with van der Waals surface area (Å²) in [4.78, 5) is 10.7. The van der Waals surface area contributed by atoms with Crippen molar-refractivity contribution < 1.29 is 4.79 Å². The van der Waals surface area contributed by atoms with Gasteiger partial charge in [0.25, 0.3) is 0 Å². The number of carbonyl (C=O) groups excluding carboxylic acids is 1. The number of aryl methyl sites for hydroxylation is 2. The molecular formula is C12H19NO. The third-order valence-corrected chi connectivity index (χ3v) is 1.83. The number of amides is 1. The van der Waals surface area contributed by atoms with Crippen molar-refractivity contribution in [1.29, 1.82) is 0 Å². The molecule has 0 radical (unpaired) electrons. The lowest BCUT2D eigenvalue weighted by molar-refractivity contribution is -0.114. The van der Waals surface area contributed by atoms with E-state index in [4.69, 9.17) is 0 Å². The van der Waals surface area contributed by atoms with Crippen molar-refractivity contribution in [1.82, 2.24) is 0 Å². The lowest BCUT2D eigenvalue weighted by atomic mass is 10.1. The van der Waals surface area contributed by atoms with Gasteiger partial charge in [-0.3, -0.25) is 4.79 Å². The molecule has 1 aromatic carbocycles. The highest BCUT2D eigenvalue weighted by molar-refractivity contribution is 5.88. The molecule has 0 fully saturated rings. The van der Waals surface area contributed by atoms with Crippen LogP contribution >= 0.6 is 0 Å². The zero-order valence-electron chi connectivity index (χ0n) is 9.64. The lowest BCUT2D eigenvalue weighted by Gasteiger charge is -2.04. The van der Waals surface area contributed by atoms with E-state index in [1.807, 2.05) is 45.9 Å². The van der Waals surface area contributed by atoms with Crippen molar-refractivity contribution in [2.75, 3.05) is 5.32 Å². The maximum absolute atomic E-state index is 10.7. The Morgan fingerprint density at radius 3 is 2.14 bits per heavy atom. The minimum Gasteiger partial charge on any atom is -0.326 e. The maximum atomic E-state index is 10.7. The van der Waals surface area contributed by atoms with Crippen LogP contribution in [0.4, 0.5) is 5.69 Å². The van der Waals surface area contributed by atoms with Gasteiger partial charge in [-0.25, -0.2) is 0 Å². The van der Waals surface area contributed by atoms with Gasteiger partial charge in [-0.1, -0.05) is 19.9 Å². The van der Waals surface area contributed by atoms with E-state index in [2.05, 4.69) is 5.32 Å². The molecule has 2 heteroatoms. The fourth-order valence-electron chi connectivity index (χ4n) is 1.02. The third kappa shape index (κ3) is 4.08. The van der Waals surface area contributed by atoms with E-state index in [0.29, 0.717) is 0 Å². The molecule has 1 rings (SSSR count). The molecular weight excluding hydrogens is 174 g/mol. The predicted molar refractivity (Wildman–Crippen MR) is 61.6 cm³/mol. The Hall–Kier alpha value is -1.31. The second kappa shape index (κ2) is 6.19. The Morgan fingerprint density at radius 1 is 1.14 bits per heavy atom. The molecule has 0 bridgehead atoms. The zero-order chi connectivity index (χ0) is 11.1. The van der Waals surface area contributed by atoms with Crippen LogP contribution in [0.1, 0.15) is 31.9 Å². The fraction of sp³-hybridized carbons (Fsp3) is 0.417. The van der Waals surface area contributed by atoms with E-state index in [1.165, 1.54) is 18.1 Å². The number of nitrogens with one attached hydrogen (secondary N) is 1. The highest BCUT2D eigenvalue weighted by Crippen LogP contribution is 2.13. The average molecular weight is 193 g/mol. The molecule has 0 atom stereocenters. The molecule has 0 aliphatic rings. The molecule has 1 N–H and O–H groups in total. The van der Waals surface area contributed by atoms with Crippen LogP contribution in [-0.2, 0) is 4.79 Å². The van der Waals surface area contributed by atoms with Crippen molar-refractivity contribution >= 4 is 11.6 Å². The molecule has 1 amide bonds. The van der Waals surface area contributed by atoms with E-state index in [9.17, 15) is 4.79 Å². The SMILES string of the molecule is CC.CC(=O)Nc1ccc(C)c(C)c1. The van der Waals surface area contributed by atoms with Gasteiger partial charge in [0, 0.05) is 12.6 Å². The summed E-state index contributed by atoms with van der Waals surface area (Å²) in [6.07, 6.45) is 0. The van der Waals surface area contributed by atoms with Gasteiger partial charge in [0.2, 0.25) is 5.91 Å². The van der Waals surface area contributed by atoms with Gasteiger partial charge in [0.15, 0.2) is 0 Å². The largest absolute Gasteiger partial charge is 0.326 e. The molecule has 14 heavy (non-hydrogen) atoms. The van der Waals surface area contributed by atoms with Crippen LogP contribution in [-0.4, -0.2) is 5.91 Å². The monoisotopic (exact) mass is 193 g/mol. The van der Waals surface area contributed by atoms with Crippen LogP contribution < -0.4 is 5.32 Å². The number of anilines is 1. The van der Waals surface area contributed by atoms with Gasteiger partial charge in [-0.15, -0.1) is 0 Å².